The molecule has 1 aromatic heterocycles. The number of aryl methyl sites for hydroxylation is 2. The van der Waals surface area contributed by atoms with E-state index in [4.69, 9.17) is 4.74 Å². The van der Waals surface area contributed by atoms with Crippen molar-refractivity contribution in [3.63, 3.8) is 0 Å². The average molecular weight is 404 g/mol. The lowest BCUT2D eigenvalue weighted by Gasteiger charge is -2.29. The summed E-state index contributed by atoms with van der Waals surface area (Å²) < 4.78 is 34.6. The van der Waals surface area contributed by atoms with E-state index in [-0.39, 0.29) is 17.6 Å². The lowest BCUT2D eigenvalue weighted by atomic mass is 9.74. The Morgan fingerprint density at radius 2 is 2.14 bits per heavy atom. The largest absolute Gasteiger partial charge is 0.370 e. The van der Waals surface area contributed by atoms with Gasteiger partial charge in [0.1, 0.15) is 0 Å². The highest BCUT2D eigenvalue weighted by atomic mass is 32.2. The molecular formula is C21H29N3O3S. The molecule has 28 heavy (non-hydrogen) atoms. The van der Waals surface area contributed by atoms with E-state index in [0.717, 1.165) is 32.5 Å². The van der Waals surface area contributed by atoms with Crippen LogP contribution in [-0.4, -0.2) is 55.5 Å². The third-order valence-electron chi connectivity index (χ3n) is 7.12. The van der Waals surface area contributed by atoms with Crippen LogP contribution in [0.2, 0.25) is 0 Å². The summed E-state index contributed by atoms with van der Waals surface area (Å²) in [5.41, 5.74) is 3.80. The van der Waals surface area contributed by atoms with Crippen LogP contribution in [0.5, 0.6) is 0 Å². The van der Waals surface area contributed by atoms with E-state index < -0.39 is 10.0 Å². The topological polar surface area (TPSA) is 63.6 Å². The molecule has 0 amide bonds. The highest BCUT2D eigenvalue weighted by Gasteiger charge is 2.62. The van der Waals surface area contributed by atoms with Crippen molar-refractivity contribution in [3.05, 3.63) is 35.5 Å². The minimum atomic E-state index is -3.17. The third-order valence-corrected chi connectivity index (χ3v) is 7.81. The Balaban J connectivity index is 1.35. The highest BCUT2D eigenvalue weighted by molar-refractivity contribution is 7.88. The molecule has 3 aliphatic rings. The molecule has 7 heteroatoms. The fourth-order valence-electron chi connectivity index (χ4n) is 5.83. The molecule has 5 rings (SSSR count). The summed E-state index contributed by atoms with van der Waals surface area (Å²) in [5, 5.41) is 1.29. The van der Waals surface area contributed by atoms with Gasteiger partial charge in [-0.2, -0.15) is 0 Å². The zero-order valence-corrected chi connectivity index (χ0v) is 17.6. The third kappa shape index (κ3) is 3.00. The first-order valence-corrected chi connectivity index (χ1v) is 12.0. The molecule has 3 fully saturated rings. The van der Waals surface area contributed by atoms with Gasteiger partial charge in [0.15, 0.2) is 0 Å². The number of rotatable bonds is 5. The van der Waals surface area contributed by atoms with Crippen molar-refractivity contribution in [2.75, 3.05) is 25.9 Å². The normalized spacial score (nSPS) is 32.5. The molecule has 6 nitrogen and oxygen atoms in total. The van der Waals surface area contributed by atoms with Crippen LogP contribution in [0.15, 0.2) is 24.3 Å². The van der Waals surface area contributed by atoms with Crippen LogP contribution in [0.3, 0.4) is 0 Å². The summed E-state index contributed by atoms with van der Waals surface area (Å²) in [4.78, 5) is 2.50. The first-order chi connectivity index (χ1) is 13.2. The number of hydrogen-bond donors (Lipinski definition) is 1. The van der Waals surface area contributed by atoms with Gasteiger partial charge in [-0.1, -0.05) is 11.6 Å². The van der Waals surface area contributed by atoms with Gasteiger partial charge in [-0.05, 0) is 38.0 Å². The first kappa shape index (κ1) is 18.6. The maximum Gasteiger partial charge on any atom is 0.208 e. The van der Waals surface area contributed by atoms with Gasteiger partial charge in [0, 0.05) is 61.7 Å². The number of sulfonamides is 1. The van der Waals surface area contributed by atoms with E-state index >= 15 is 0 Å². The molecule has 2 aromatic rings. The summed E-state index contributed by atoms with van der Waals surface area (Å²) in [6.45, 7) is 5.46. The quantitative estimate of drug-likeness (QED) is 0.830. The second-order valence-corrected chi connectivity index (χ2v) is 10.9. The molecule has 4 atom stereocenters. The number of fused-ring (bicyclic) bond motifs is 2. The van der Waals surface area contributed by atoms with E-state index in [9.17, 15) is 8.42 Å². The minimum absolute atomic E-state index is 0.0737. The second-order valence-electron chi connectivity index (χ2n) is 9.08. The smallest absolute Gasteiger partial charge is 0.208 e. The Morgan fingerprint density at radius 3 is 2.93 bits per heavy atom. The lowest BCUT2D eigenvalue weighted by Crippen LogP contribution is -2.41. The predicted molar refractivity (Wildman–Crippen MR) is 110 cm³/mol. The van der Waals surface area contributed by atoms with Crippen LogP contribution in [-0.2, 0) is 28.4 Å². The van der Waals surface area contributed by atoms with Crippen molar-refractivity contribution >= 4 is 20.9 Å². The van der Waals surface area contributed by atoms with Gasteiger partial charge in [-0.15, -0.1) is 0 Å². The monoisotopic (exact) mass is 403 g/mol. The lowest BCUT2D eigenvalue weighted by molar-refractivity contribution is 0.00206. The summed E-state index contributed by atoms with van der Waals surface area (Å²) >= 11 is 0. The van der Waals surface area contributed by atoms with Crippen LogP contribution in [0.4, 0.5) is 0 Å². The molecule has 4 heterocycles. The molecule has 1 N–H and O–H groups in total. The Morgan fingerprint density at radius 1 is 1.32 bits per heavy atom. The Hall–Kier alpha value is -1.41. The summed E-state index contributed by atoms with van der Waals surface area (Å²) in [6.07, 6.45) is 3.59. The number of benzene rings is 1. The van der Waals surface area contributed by atoms with Crippen molar-refractivity contribution in [1.29, 1.82) is 0 Å². The summed E-state index contributed by atoms with van der Waals surface area (Å²) in [7, 11) is -1.03. The highest BCUT2D eigenvalue weighted by Crippen LogP contribution is 2.54. The average Bonchev–Trinajstić information content (AvgIpc) is 3.31. The van der Waals surface area contributed by atoms with Gasteiger partial charge in [-0.3, -0.25) is 4.90 Å². The van der Waals surface area contributed by atoms with Crippen molar-refractivity contribution < 1.29 is 13.2 Å². The van der Waals surface area contributed by atoms with E-state index in [1.807, 2.05) is 0 Å². The molecule has 1 aromatic carbocycles. The van der Waals surface area contributed by atoms with Crippen molar-refractivity contribution in [2.24, 2.45) is 18.9 Å². The molecule has 152 valence electrons. The standard InChI is InChI=1S/C21H29N3O3S/c1-14-4-5-19-15(8-14)9-16(23(19)2)11-24-12-18-17(10-22-28(3,25)26)20-6-7-21(18,13-24)27-20/h4-5,8-9,17-18,20,22H,6-7,10-13H2,1-3H3/t17-,18+,20+,21+/m0/s1. The van der Waals surface area contributed by atoms with E-state index in [1.165, 1.54) is 28.4 Å². The van der Waals surface area contributed by atoms with Crippen LogP contribution < -0.4 is 4.72 Å². The Bertz CT molecular complexity index is 1030. The predicted octanol–water partition coefficient (Wildman–Crippen LogP) is 2.02. The zero-order valence-electron chi connectivity index (χ0n) is 16.8. The molecule has 0 unspecified atom stereocenters. The molecule has 1 spiro atoms. The molecule has 2 bridgehead atoms. The molecule has 0 aliphatic carbocycles. The first-order valence-electron chi connectivity index (χ1n) is 10.1. The Labute approximate surface area is 166 Å². The van der Waals surface area contributed by atoms with Gasteiger partial charge in [0.05, 0.1) is 18.0 Å². The number of hydrogen-bond acceptors (Lipinski definition) is 4. The van der Waals surface area contributed by atoms with Crippen molar-refractivity contribution in [2.45, 2.75) is 38.0 Å². The van der Waals surface area contributed by atoms with Crippen molar-refractivity contribution in [3.8, 4) is 0 Å². The molecule has 0 radical (unpaired) electrons. The molecule has 0 saturated carbocycles. The molecular weight excluding hydrogens is 374 g/mol. The number of nitrogens with one attached hydrogen (secondary N) is 1. The van der Waals surface area contributed by atoms with Crippen LogP contribution in [0.1, 0.15) is 24.1 Å². The zero-order chi connectivity index (χ0) is 19.7. The maximum absolute atomic E-state index is 11.6. The number of likely N-dealkylation sites (tertiary alicyclic amines) is 1. The fraction of sp³-hybridized carbons (Fsp3) is 0.619. The molecule has 3 aliphatic heterocycles. The van der Waals surface area contributed by atoms with Gasteiger partial charge in [0.2, 0.25) is 10.0 Å². The number of aromatic nitrogens is 1. The van der Waals surface area contributed by atoms with Crippen molar-refractivity contribution in [1.82, 2.24) is 14.2 Å². The SMILES string of the molecule is Cc1ccc2c(c1)cc(CN1C[C@@H]3[C@H](CNS(C)(=O)=O)[C@H]4CC[C@]3(C1)O4)n2C. The van der Waals surface area contributed by atoms with Crippen LogP contribution in [0.25, 0.3) is 10.9 Å². The summed E-state index contributed by atoms with van der Waals surface area (Å²) in [5.74, 6) is 0.695. The second kappa shape index (κ2) is 6.29. The van der Waals surface area contributed by atoms with Crippen LogP contribution in [0, 0.1) is 18.8 Å². The van der Waals surface area contributed by atoms with Gasteiger partial charge < -0.3 is 9.30 Å². The van der Waals surface area contributed by atoms with Gasteiger partial charge in [0.25, 0.3) is 0 Å². The van der Waals surface area contributed by atoms with E-state index in [2.05, 4.69) is 52.4 Å². The van der Waals surface area contributed by atoms with Gasteiger partial charge in [-0.25, -0.2) is 13.1 Å². The van der Waals surface area contributed by atoms with E-state index in [0.29, 0.717) is 12.5 Å². The van der Waals surface area contributed by atoms with E-state index in [1.54, 1.807) is 0 Å². The van der Waals surface area contributed by atoms with Gasteiger partial charge >= 0.3 is 0 Å². The number of ether oxygens (including phenoxy) is 1. The van der Waals surface area contributed by atoms with Crippen LogP contribution >= 0.6 is 0 Å². The fourth-order valence-corrected chi connectivity index (χ4v) is 6.33. The molecule has 3 saturated heterocycles. The summed E-state index contributed by atoms with van der Waals surface area (Å²) in [6, 6.07) is 8.91. The Kier molecular flexibility index (Phi) is 4.18. The maximum atomic E-state index is 11.6. The minimum Gasteiger partial charge on any atom is -0.370 e. The number of nitrogens with zero attached hydrogens (tertiary/aromatic N) is 2.